The summed E-state index contributed by atoms with van der Waals surface area (Å²) in [6, 6.07) is 0. The van der Waals surface area contributed by atoms with Crippen molar-refractivity contribution in [2.24, 2.45) is 0 Å². The summed E-state index contributed by atoms with van der Waals surface area (Å²) in [5.74, 6) is 0. The van der Waals surface area contributed by atoms with Gasteiger partial charge in [-0.2, -0.15) is 0 Å². The van der Waals surface area contributed by atoms with E-state index in [0.29, 0.717) is 6.10 Å². The Bertz CT molecular complexity index is 64.6. The fourth-order valence-corrected chi connectivity index (χ4v) is 1.18. The Morgan fingerprint density at radius 3 is 2.89 bits per heavy atom. The van der Waals surface area contributed by atoms with Crippen molar-refractivity contribution in [2.45, 2.75) is 31.8 Å². The molecule has 0 unspecified atom stereocenters. The normalized spacial score (nSPS) is 28.3. The molecule has 54 valence electrons. The van der Waals surface area contributed by atoms with Crippen LogP contribution in [0.1, 0.15) is 25.7 Å². The third-order valence-electron chi connectivity index (χ3n) is 1.73. The number of rotatable bonds is 2. The highest BCUT2D eigenvalue weighted by molar-refractivity contribution is 4.62. The van der Waals surface area contributed by atoms with Gasteiger partial charge in [-0.3, -0.25) is 0 Å². The van der Waals surface area contributed by atoms with Crippen LogP contribution in [0.4, 0.5) is 0 Å². The molecule has 2 nitrogen and oxygen atoms in total. The first-order valence-corrected chi connectivity index (χ1v) is 3.66. The maximum Gasteiger partial charge on any atom is 0.0597 e. The minimum absolute atomic E-state index is 0.269. The minimum atomic E-state index is 0.269. The van der Waals surface area contributed by atoms with Crippen LogP contribution in [0.2, 0.25) is 0 Å². The number of hydrogen-bond donors (Lipinski definition) is 1. The zero-order valence-corrected chi connectivity index (χ0v) is 5.68. The summed E-state index contributed by atoms with van der Waals surface area (Å²) >= 11 is 0. The molecular formula is C7H14O2. The average Bonchev–Trinajstić information content (AvgIpc) is 1.91. The Balaban J connectivity index is 2.08. The molecule has 1 atom stereocenters. The smallest absolute Gasteiger partial charge is 0.0597 e. The lowest BCUT2D eigenvalue weighted by atomic mass is 10.1. The maximum atomic E-state index is 8.54. The van der Waals surface area contributed by atoms with Gasteiger partial charge in [0, 0.05) is 13.2 Å². The van der Waals surface area contributed by atoms with Crippen molar-refractivity contribution in [3.8, 4) is 0 Å². The topological polar surface area (TPSA) is 29.5 Å². The first kappa shape index (κ1) is 7.03. The van der Waals surface area contributed by atoms with E-state index in [1.807, 2.05) is 0 Å². The first-order valence-electron chi connectivity index (χ1n) is 3.66. The highest BCUT2D eigenvalue weighted by atomic mass is 16.5. The van der Waals surface area contributed by atoms with E-state index in [4.69, 9.17) is 9.84 Å². The molecule has 0 saturated carbocycles. The molecule has 0 amide bonds. The molecule has 0 aromatic rings. The van der Waals surface area contributed by atoms with Gasteiger partial charge in [0.05, 0.1) is 6.10 Å². The van der Waals surface area contributed by atoms with Gasteiger partial charge >= 0.3 is 0 Å². The summed E-state index contributed by atoms with van der Waals surface area (Å²) in [5.41, 5.74) is 0. The Kier molecular flexibility index (Phi) is 3.01. The van der Waals surface area contributed by atoms with E-state index in [0.717, 1.165) is 19.4 Å². The lowest BCUT2D eigenvalue weighted by Crippen LogP contribution is -2.19. The van der Waals surface area contributed by atoms with Crippen molar-refractivity contribution in [3.05, 3.63) is 0 Å². The van der Waals surface area contributed by atoms with Crippen molar-refractivity contribution in [2.75, 3.05) is 13.2 Å². The van der Waals surface area contributed by atoms with Crippen LogP contribution in [-0.4, -0.2) is 24.4 Å². The van der Waals surface area contributed by atoms with E-state index >= 15 is 0 Å². The summed E-state index contributed by atoms with van der Waals surface area (Å²) < 4.78 is 5.36. The number of aliphatic hydroxyl groups excluding tert-OH is 1. The van der Waals surface area contributed by atoms with Crippen LogP contribution < -0.4 is 0 Å². The lowest BCUT2D eigenvalue weighted by Gasteiger charge is -2.21. The lowest BCUT2D eigenvalue weighted by molar-refractivity contribution is 0.00218. The molecule has 1 saturated heterocycles. The van der Waals surface area contributed by atoms with E-state index in [1.54, 1.807) is 0 Å². The van der Waals surface area contributed by atoms with Gasteiger partial charge in [0.2, 0.25) is 0 Å². The fourth-order valence-electron chi connectivity index (χ4n) is 1.18. The molecule has 1 aliphatic heterocycles. The van der Waals surface area contributed by atoms with Crippen LogP contribution in [0.3, 0.4) is 0 Å². The third kappa shape index (κ3) is 2.33. The van der Waals surface area contributed by atoms with Gasteiger partial charge in [-0.1, -0.05) is 0 Å². The molecule has 1 N–H and O–H groups in total. The highest BCUT2D eigenvalue weighted by Gasteiger charge is 2.11. The van der Waals surface area contributed by atoms with Crippen molar-refractivity contribution in [3.63, 3.8) is 0 Å². The van der Waals surface area contributed by atoms with Gasteiger partial charge in [-0.25, -0.2) is 0 Å². The van der Waals surface area contributed by atoms with E-state index in [1.165, 1.54) is 12.8 Å². The van der Waals surface area contributed by atoms with Crippen LogP contribution in [0.5, 0.6) is 0 Å². The molecule has 0 bridgehead atoms. The largest absolute Gasteiger partial charge is 0.396 e. The van der Waals surface area contributed by atoms with Crippen molar-refractivity contribution in [1.29, 1.82) is 0 Å². The molecule has 1 fully saturated rings. The van der Waals surface area contributed by atoms with Crippen molar-refractivity contribution in [1.82, 2.24) is 0 Å². The molecule has 9 heavy (non-hydrogen) atoms. The monoisotopic (exact) mass is 130 g/mol. The summed E-state index contributed by atoms with van der Waals surface area (Å²) in [6.07, 6.45) is 4.77. The molecule has 0 spiro atoms. The molecule has 2 heteroatoms. The van der Waals surface area contributed by atoms with Crippen molar-refractivity contribution >= 4 is 0 Å². The Labute approximate surface area is 55.8 Å². The molecule has 0 radical (unpaired) electrons. The standard InChI is InChI=1S/C7H14O2/c8-5-4-7-3-1-2-6-9-7/h7-8H,1-6H2/t7-/m0/s1. The van der Waals surface area contributed by atoms with E-state index in [-0.39, 0.29) is 6.61 Å². The van der Waals surface area contributed by atoms with Gasteiger partial charge in [-0.15, -0.1) is 0 Å². The van der Waals surface area contributed by atoms with Crippen LogP contribution in [0, 0.1) is 0 Å². The summed E-state index contributed by atoms with van der Waals surface area (Å²) in [4.78, 5) is 0. The number of hydrogen-bond acceptors (Lipinski definition) is 2. The molecule has 1 heterocycles. The molecule has 0 aromatic carbocycles. The Hall–Kier alpha value is -0.0800. The second-order valence-electron chi connectivity index (χ2n) is 2.50. The highest BCUT2D eigenvalue weighted by Crippen LogP contribution is 2.14. The molecule has 1 rings (SSSR count). The summed E-state index contributed by atoms with van der Waals surface area (Å²) in [6.45, 7) is 1.16. The molecule has 0 aromatic heterocycles. The SMILES string of the molecule is OCC[C@@H]1CCCCO1. The van der Waals surface area contributed by atoms with E-state index in [2.05, 4.69) is 0 Å². The van der Waals surface area contributed by atoms with Crippen LogP contribution in [0.15, 0.2) is 0 Å². The van der Waals surface area contributed by atoms with Crippen molar-refractivity contribution < 1.29 is 9.84 Å². The Morgan fingerprint density at radius 1 is 1.44 bits per heavy atom. The molecular weight excluding hydrogens is 116 g/mol. The predicted molar refractivity (Wildman–Crippen MR) is 35.3 cm³/mol. The summed E-state index contributed by atoms with van der Waals surface area (Å²) in [7, 11) is 0. The number of ether oxygens (including phenoxy) is 1. The quantitative estimate of drug-likeness (QED) is 0.602. The van der Waals surface area contributed by atoms with Gasteiger partial charge in [0.1, 0.15) is 0 Å². The van der Waals surface area contributed by atoms with E-state index in [9.17, 15) is 0 Å². The van der Waals surface area contributed by atoms with Crippen LogP contribution >= 0.6 is 0 Å². The average molecular weight is 130 g/mol. The van der Waals surface area contributed by atoms with Crippen LogP contribution in [0.25, 0.3) is 0 Å². The minimum Gasteiger partial charge on any atom is -0.396 e. The van der Waals surface area contributed by atoms with E-state index < -0.39 is 0 Å². The third-order valence-corrected chi connectivity index (χ3v) is 1.73. The Morgan fingerprint density at radius 2 is 2.33 bits per heavy atom. The second-order valence-corrected chi connectivity index (χ2v) is 2.50. The number of aliphatic hydroxyl groups is 1. The summed E-state index contributed by atoms with van der Waals surface area (Å²) in [5, 5.41) is 8.54. The fraction of sp³-hybridized carbons (Fsp3) is 1.00. The van der Waals surface area contributed by atoms with Gasteiger partial charge in [-0.05, 0) is 25.7 Å². The van der Waals surface area contributed by atoms with Gasteiger partial charge < -0.3 is 9.84 Å². The van der Waals surface area contributed by atoms with Crippen LogP contribution in [-0.2, 0) is 4.74 Å². The van der Waals surface area contributed by atoms with Gasteiger partial charge in [0.25, 0.3) is 0 Å². The predicted octanol–water partition coefficient (Wildman–Crippen LogP) is 0.938. The zero-order chi connectivity index (χ0) is 6.53. The second kappa shape index (κ2) is 3.85. The zero-order valence-electron chi connectivity index (χ0n) is 5.68. The first-order chi connectivity index (χ1) is 4.43. The molecule has 0 aliphatic carbocycles. The molecule has 1 aliphatic rings. The van der Waals surface area contributed by atoms with Gasteiger partial charge in [0.15, 0.2) is 0 Å². The maximum absolute atomic E-state index is 8.54.